The van der Waals surface area contributed by atoms with Gasteiger partial charge in [0.05, 0.1) is 0 Å². The summed E-state index contributed by atoms with van der Waals surface area (Å²) < 4.78 is 19.1. The van der Waals surface area contributed by atoms with Crippen molar-refractivity contribution in [3.8, 4) is 5.75 Å². The Morgan fingerprint density at radius 3 is 2.25 bits per heavy atom. The molecule has 3 nitrogen and oxygen atoms in total. The highest BCUT2D eigenvalue weighted by atomic mass is 35.5. The van der Waals surface area contributed by atoms with E-state index in [1.54, 1.807) is 18.2 Å². The Morgan fingerprint density at radius 2 is 1.70 bits per heavy atom. The first kappa shape index (κ1) is 15.1. The SMILES string of the molecule is OB(O)c1ccc(COc2cc(Cl)cc(Cl)c2)c(F)c1. The lowest BCUT2D eigenvalue weighted by Crippen LogP contribution is -2.30. The van der Waals surface area contributed by atoms with Crippen LogP contribution < -0.4 is 10.2 Å². The van der Waals surface area contributed by atoms with Crippen LogP contribution >= 0.6 is 23.2 Å². The Bertz CT molecular complexity index is 602. The van der Waals surface area contributed by atoms with Crippen molar-refractivity contribution in [2.45, 2.75) is 6.61 Å². The summed E-state index contributed by atoms with van der Waals surface area (Å²) in [6.45, 7) is -0.0235. The smallest absolute Gasteiger partial charge is 0.488 e. The minimum Gasteiger partial charge on any atom is -0.489 e. The van der Waals surface area contributed by atoms with E-state index >= 15 is 0 Å². The number of hydrogen-bond donors (Lipinski definition) is 2. The molecule has 2 aromatic rings. The Morgan fingerprint density at radius 1 is 1.05 bits per heavy atom. The molecule has 2 N–H and O–H groups in total. The highest BCUT2D eigenvalue weighted by Gasteiger charge is 2.13. The lowest BCUT2D eigenvalue weighted by atomic mass is 9.80. The second-order valence-electron chi connectivity index (χ2n) is 4.12. The Hall–Kier alpha value is -1.27. The van der Waals surface area contributed by atoms with E-state index in [9.17, 15) is 4.39 Å². The van der Waals surface area contributed by atoms with Crippen molar-refractivity contribution < 1.29 is 19.2 Å². The van der Waals surface area contributed by atoms with Gasteiger partial charge >= 0.3 is 7.12 Å². The molecule has 20 heavy (non-hydrogen) atoms. The molecule has 0 heterocycles. The van der Waals surface area contributed by atoms with Crippen LogP contribution in [0, 0.1) is 5.82 Å². The van der Waals surface area contributed by atoms with Crippen molar-refractivity contribution in [3.63, 3.8) is 0 Å². The van der Waals surface area contributed by atoms with Gasteiger partial charge in [0.25, 0.3) is 0 Å². The Labute approximate surface area is 125 Å². The quantitative estimate of drug-likeness (QED) is 0.852. The predicted octanol–water partition coefficient (Wildman–Crippen LogP) is 2.39. The summed E-state index contributed by atoms with van der Waals surface area (Å²) in [5.41, 5.74) is 0.363. The van der Waals surface area contributed by atoms with Gasteiger partial charge in [-0.1, -0.05) is 35.3 Å². The van der Waals surface area contributed by atoms with E-state index in [0.717, 1.165) is 6.07 Å². The van der Waals surface area contributed by atoms with Gasteiger partial charge < -0.3 is 14.8 Å². The normalized spacial score (nSPS) is 10.4. The Balaban J connectivity index is 2.11. The van der Waals surface area contributed by atoms with E-state index in [1.165, 1.54) is 12.1 Å². The van der Waals surface area contributed by atoms with E-state index in [0.29, 0.717) is 15.8 Å². The fraction of sp³-hybridized carbons (Fsp3) is 0.0769. The summed E-state index contributed by atoms with van der Waals surface area (Å²) in [5.74, 6) is -0.156. The van der Waals surface area contributed by atoms with Gasteiger partial charge in [-0.15, -0.1) is 0 Å². The fourth-order valence-electron chi connectivity index (χ4n) is 1.61. The third-order valence-electron chi connectivity index (χ3n) is 2.61. The Kier molecular flexibility index (Phi) is 4.88. The van der Waals surface area contributed by atoms with Crippen LogP contribution in [-0.2, 0) is 6.61 Å². The zero-order valence-electron chi connectivity index (χ0n) is 10.2. The van der Waals surface area contributed by atoms with E-state index in [4.69, 9.17) is 38.0 Å². The molecule has 0 radical (unpaired) electrons. The lowest BCUT2D eigenvalue weighted by Gasteiger charge is -2.09. The summed E-state index contributed by atoms with van der Waals surface area (Å²) in [4.78, 5) is 0. The second-order valence-corrected chi connectivity index (χ2v) is 4.99. The van der Waals surface area contributed by atoms with Crippen LogP contribution in [0.4, 0.5) is 4.39 Å². The van der Waals surface area contributed by atoms with Gasteiger partial charge in [-0.05, 0) is 29.7 Å². The second kappa shape index (κ2) is 6.46. The molecule has 0 aliphatic heterocycles. The third kappa shape index (κ3) is 3.87. The molecule has 0 spiro atoms. The molecular formula is C13H10BCl2FO3. The van der Waals surface area contributed by atoms with Crippen LogP contribution in [0.15, 0.2) is 36.4 Å². The third-order valence-corrected chi connectivity index (χ3v) is 3.04. The van der Waals surface area contributed by atoms with Crippen molar-refractivity contribution in [1.29, 1.82) is 0 Å². The van der Waals surface area contributed by atoms with Gasteiger partial charge in [-0.2, -0.15) is 0 Å². The monoisotopic (exact) mass is 314 g/mol. The lowest BCUT2D eigenvalue weighted by molar-refractivity contribution is 0.300. The molecule has 0 aliphatic carbocycles. The molecular weight excluding hydrogens is 305 g/mol. The molecule has 0 saturated heterocycles. The number of benzene rings is 2. The summed E-state index contributed by atoms with van der Waals surface area (Å²) in [7, 11) is -1.70. The van der Waals surface area contributed by atoms with Crippen molar-refractivity contribution in [3.05, 3.63) is 57.8 Å². The zero-order valence-corrected chi connectivity index (χ0v) is 11.7. The van der Waals surface area contributed by atoms with Crippen LogP contribution in [0.1, 0.15) is 5.56 Å². The molecule has 2 rings (SSSR count). The number of halogens is 3. The van der Waals surface area contributed by atoms with E-state index in [-0.39, 0.29) is 17.6 Å². The van der Waals surface area contributed by atoms with E-state index in [2.05, 4.69) is 0 Å². The molecule has 0 atom stereocenters. The number of rotatable bonds is 4. The largest absolute Gasteiger partial charge is 0.489 e. The maximum absolute atomic E-state index is 13.7. The zero-order chi connectivity index (χ0) is 14.7. The maximum Gasteiger partial charge on any atom is 0.488 e. The summed E-state index contributed by atoms with van der Waals surface area (Å²) in [6.07, 6.45) is 0. The first-order chi connectivity index (χ1) is 9.45. The topological polar surface area (TPSA) is 49.7 Å². The van der Waals surface area contributed by atoms with Gasteiger partial charge in [0.15, 0.2) is 0 Å². The summed E-state index contributed by atoms with van der Waals surface area (Å²) in [6, 6.07) is 8.59. The molecule has 7 heteroatoms. The molecule has 0 aliphatic rings. The van der Waals surface area contributed by atoms with Crippen LogP contribution in [0.5, 0.6) is 5.75 Å². The highest BCUT2D eigenvalue weighted by molar-refractivity contribution is 6.58. The molecule has 0 fully saturated rings. The van der Waals surface area contributed by atoms with Crippen LogP contribution in [0.3, 0.4) is 0 Å². The minimum absolute atomic E-state index is 0.0235. The van der Waals surface area contributed by atoms with Gasteiger partial charge in [0.2, 0.25) is 0 Å². The first-order valence-electron chi connectivity index (χ1n) is 5.69. The number of ether oxygens (including phenoxy) is 1. The van der Waals surface area contributed by atoms with Gasteiger partial charge in [-0.25, -0.2) is 4.39 Å². The van der Waals surface area contributed by atoms with Crippen molar-refractivity contribution >= 4 is 35.8 Å². The van der Waals surface area contributed by atoms with E-state index in [1.807, 2.05) is 0 Å². The molecule has 104 valence electrons. The van der Waals surface area contributed by atoms with Crippen molar-refractivity contribution in [2.75, 3.05) is 0 Å². The molecule has 0 aromatic heterocycles. The molecule has 2 aromatic carbocycles. The summed E-state index contributed by atoms with van der Waals surface area (Å²) in [5, 5.41) is 18.7. The number of hydrogen-bond acceptors (Lipinski definition) is 3. The fourth-order valence-corrected chi connectivity index (χ4v) is 2.12. The van der Waals surface area contributed by atoms with Crippen LogP contribution in [0.2, 0.25) is 10.0 Å². The molecule has 0 amide bonds. The minimum atomic E-state index is -1.70. The van der Waals surface area contributed by atoms with Crippen molar-refractivity contribution in [2.24, 2.45) is 0 Å². The van der Waals surface area contributed by atoms with Crippen molar-refractivity contribution in [1.82, 2.24) is 0 Å². The molecule has 0 saturated carbocycles. The highest BCUT2D eigenvalue weighted by Crippen LogP contribution is 2.25. The standard InChI is InChI=1S/C13H10BCl2FO3/c15-10-4-11(16)6-12(5-10)20-7-8-1-2-9(14(18)19)3-13(8)17/h1-6,18-19H,7H2. The van der Waals surface area contributed by atoms with Gasteiger partial charge in [0, 0.05) is 15.6 Å². The molecule has 0 unspecified atom stereocenters. The average molecular weight is 315 g/mol. The summed E-state index contributed by atoms with van der Waals surface area (Å²) >= 11 is 11.6. The van der Waals surface area contributed by atoms with Crippen LogP contribution in [0.25, 0.3) is 0 Å². The molecule has 0 bridgehead atoms. The van der Waals surface area contributed by atoms with Crippen LogP contribution in [-0.4, -0.2) is 17.2 Å². The maximum atomic E-state index is 13.7. The predicted molar refractivity (Wildman–Crippen MR) is 77.0 cm³/mol. The first-order valence-corrected chi connectivity index (χ1v) is 6.44. The van der Waals surface area contributed by atoms with Gasteiger partial charge in [0.1, 0.15) is 18.2 Å². The van der Waals surface area contributed by atoms with Gasteiger partial charge in [-0.3, -0.25) is 0 Å². The average Bonchev–Trinajstić information content (AvgIpc) is 2.36. The van der Waals surface area contributed by atoms with E-state index < -0.39 is 12.9 Å².